The first-order valence-electron chi connectivity index (χ1n) is 6.76. The molecule has 96 valence electrons. The summed E-state index contributed by atoms with van der Waals surface area (Å²) >= 11 is 0. The highest BCUT2D eigenvalue weighted by atomic mass is 15.1. The summed E-state index contributed by atoms with van der Waals surface area (Å²) in [5.74, 6) is 1.20. The summed E-state index contributed by atoms with van der Waals surface area (Å²) < 4.78 is 2.37. The molecule has 0 unspecified atom stereocenters. The molecule has 0 aliphatic heterocycles. The van der Waals surface area contributed by atoms with Gasteiger partial charge in [-0.3, -0.25) is 0 Å². The topological polar surface area (TPSA) is 43.8 Å². The molecule has 0 bridgehead atoms. The molecule has 1 aromatic heterocycles. The van der Waals surface area contributed by atoms with E-state index in [0.717, 1.165) is 5.52 Å². The minimum Gasteiger partial charge on any atom is -0.329 e. The number of aryl methyl sites for hydroxylation is 1. The second kappa shape index (κ2) is 3.82. The van der Waals surface area contributed by atoms with Gasteiger partial charge in [0, 0.05) is 18.0 Å². The van der Waals surface area contributed by atoms with E-state index in [1.165, 1.54) is 29.7 Å². The standard InChI is InChI=1S/C15H21N3/c1-10(2)18-13-5-4-11(3)8-12(13)17-14(18)15(9-16)6-7-15/h4-5,8,10H,6-7,9,16H2,1-3H3. The van der Waals surface area contributed by atoms with E-state index in [4.69, 9.17) is 10.7 Å². The predicted molar refractivity (Wildman–Crippen MR) is 74.8 cm³/mol. The second-order valence-corrected chi connectivity index (χ2v) is 5.88. The van der Waals surface area contributed by atoms with E-state index in [0.29, 0.717) is 12.6 Å². The van der Waals surface area contributed by atoms with Gasteiger partial charge in [0.15, 0.2) is 0 Å². The fraction of sp³-hybridized carbons (Fsp3) is 0.533. The lowest BCUT2D eigenvalue weighted by atomic mass is 10.1. The Kier molecular flexibility index (Phi) is 2.49. The van der Waals surface area contributed by atoms with Gasteiger partial charge in [0.25, 0.3) is 0 Å². The molecule has 1 aromatic carbocycles. The van der Waals surface area contributed by atoms with Crippen molar-refractivity contribution in [2.75, 3.05) is 6.54 Å². The molecule has 1 fully saturated rings. The zero-order valence-electron chi connectivity index (χ0n) is 11.4. The fourth-order valence-corrected chi connectivity index (χ4v) is 2.78. The molecule has 3 heteroatoms. The molecule has 0 atom stereocenters. The van der Waals surface area contributed by atoms with E-state index in [9.17, 15) is 0 Å². The van der Waals surface area contributed by atoms with Crippen LogP contribution in [0.25, 0.3) is 11.0 Å². The summed E-state index contributed by atoms with van der Waals surface area (Å²) in [6.45, 7) is 7.26. The van der Waals surface area contributed by atoms with E-state index in [-0.39, 0.29) is 5.41 Å². The second-order valence-electron chi connectivity index (χ2n) is 5.88. The van der Waals surface area contributed by atoms with E-state index < -0.39 is 0 Å². The first-order valence-corrected chi connectivity index (χ1v) is 6.76. The van der Waals surface area contributed by atoms with Gasteiger partial charge < -0.3 is 10.3 Å². The molecule has 2 aromatic rings. The van der Waals surface area contributed by atoms with Crippen molar-refractivity contribution in [2.24, 2.45) is 5.73 Å². The number of rotatable bonds is 3. The third-order valence-electron chi connectivity index (χ3n) is 4.08. The number of aromatic nitrogens is 2. The van der Waals surface area contributed by atoms with Crippen molar-refractivity contribution in [1.29, 1.82) is 0 Å². The van der Waals surface area contributed by atoms with Crippen LogP contribution in [-0.4, -0.2) is 16.1 Å². The molecule has 2 N–H and O–H groups in total. The third-order valence-corrected chi connectivity index (χ3v) is 4.08. The molecule has 0 radical (unpaired) electrons. The Morgan fingerprint density at radius 3 is 2.67 bits per heavy atom. The predicted octanol–water partition coefficient (Wildman–Crippen LogP) is 2.92. The van der Waals surface area contributed by atoms with E-state index in [1.54, 1.807) is 0 Å². The zero-order chi connectivity index (χ0) is 12.9. The molecule has 0 saturated heterocycles. The molecule has 1 aliphatic rings. The lowest BCUT2D eigenvalue weighted by Gasteiger charge is -2.18. The number of nitrogens with zero attached hydrogens (tertiary/aromatic N) is 2. The average molecular weight is 243 g/mol. The minimum absolute atomic E-state index is 0.150. The van der Waals surface area contributed by atoms with Crippen LogP contribution in [0.1, 0.15) is 44.1 Å². The Labute approximate surface area is 108 Å². The number of imidazole rings is 1. The summed E-state index contributed by atoms with van der Waals surface area (Å²) in [4.78, 5) is 4.88. The molecule has 0 amide bonds. The summed E-state index contributed by atoms with van der Waals surface area (Å²) in [5.41, 5.74) is 9.73. The van der Waals surface area contributed by atoms with Gasteiger partial charge in [-0.15, -0.1) is 0 Å². The number of benzene rings is 1. The molecule has 1 heterocycles. The lowest BCUT2D eigenvalue weighted by Crippen LogP contribution is -2.25. The summed E-state index contributed by atoms with van der Waals surface area (Å²) in [6, 6.07) is 6.95. The number of hydrogen-bond acceptors (Lipinski definition) is 2. The van der Waals surface area contributed by atoms with Crippen molar-refractivity contribution in [3.63, 3.8) is 0 Å². The normalized spacial score (nSPS) is 17.6. The molecule has 0 spiro atoms. The van der Waals surface area contributed by atoms with E-state index in [2.05, 4.69) is 43.5 Å². The molecule has 3 rings (SSSR count). The maximum absolute atomic E-state index is 5.97. The van der Waals surface area contributed by atoms with Crippen LogP contribution in [0, 0.1) is 6.92 Å². The third kappa shape index (κ3) is 1.57. The SMILES string of the molecule is Cc1ccc2c(c1)nc(C1(CN)CC1)n2C(C)C. The Hall–Kier alpha value is -1.35. The van der Waals surface area contributed by atoms with Crippen LogP contribution in [0.2, 0.25) is 0 Å². The van der Waals surface area contributed by atoms with Gasteiger partial charge >= 0.3 is 0 Å². The molecular formula is C15H21N3. The van der Waals surface area contributed by atoms with Crippen molar-refractivity contribution in [1.82, 2.24) is 9.55 Å². The van der Waals surface area contributed by atoms with Gasteiger partial charge in [0.05, 0.1) is 11.0 Å². The van der Waals surface area contributed by atoms with Crippen LogP contribution in [0.3, 0.4) is 0 Å². The smallest absolute Gasteiger partial charge is 0.117 e. The van der Waals surface area contributed by atoms with E-state index >= 15 is 0 Å². The number of fused-ring (bicyclic) bond motifs is 1. The van der Waals surface area contributed by atoms with Gasteiger partial charge in [-0.2, -0.15) is 0 Å². The van der Waals surface area contributed by atoms with Gasteiger partial charge in [-0.05, 0) is 51.3 Å². The highest BCUT2D eigenvalue weighted by molar-refractivity contribution is 5.77. The summed E-state index contributed by atoms with van der Waals surface area (Å²) in [6.07, 6.45) is 2.36. The van der Waals surface area contributed by atoms with Crippen molar-refractivity contribution < 1.29 is 0 Å². The Morgan fingerprint density at radius 1 is 1.39 bits per heavy atom. The minimum atomic E-state index is 0.150. The van der Waals surface area contributed by atoms with Crippen LogP contribution in [0.4, 0.5) is 0 Å². The Morgan fingerprint density at radius 2 is 2.11 bits per heavy atom. The maximum atomic E-state index is 5.97. The summed E-state index contributed by atoms with van der Waals surface area (Å²) in [5, 5.41) is 0. The first kappa shape index (κ1) is 11.7. The largest absolute Gasteiger partial charge is 0.329 e. The fourth-order valence-electron chi connectivity index (χ4n) is 2.78. The zero-order valence-corrected chi connectivity index (χ0v) is 11.4. The average Bonchev–Trinajstić information content (AvgIpc) is 3.03. The van der Waals surface area contributed by atoms with E-state index in [1.807, 2.05) is 0 Å². The molecule has 3 nitrogen and oxygen atoms in total. The van der Waals surface area contributed by atoms with Crippen LogP contribution in [0.5, 0.6) is 0 Å². The number of nitrogens with two attached hydrogens (primary N) is 1. The highest BCUT2D eigenvalue weighted by Crippen LogP contribution is 2.48. The molecule has 1 aliphatic carbocycles. The van der Waals surface area contributed by atoms with Crippen molar-refractivity contribution >= 4 is 11.0 Å². The van der Waals surface area contributed by atoms with Gasteiger partial charge in [-0.1, -0.05) is 6.07 Å². The quantitative estimate of drug-likeness (QED) is 0.900. The lowest BCUT2D eigenvalue weighted by molar-refractivity contribution is 0.530. The highest BCUT2D eigenvalue weighted by Gasteiger charge is 2.47. The number of hydrogen-bond donors (Lipinski definition) is 1. The van der Waals surface area contributed by atoms with Gasteiger partial charge in [0.2, 0.25) is 0 Å². The van der Waals surface area contributed by atoms with Crippen molar-refractivity contribution in [2.45, 2.75) is 45.1 Å². The summed E-state index contributed by atoms with van der Waals surface area (Å²) in [7, 11) is 0. The van der Waals surface area contributed by atoms with Crippen LogP contribution < -0.4 is 5.73 Å². The molecule has 18 heavy (non-hydrogen) atoms. The Balaban J connectivity index is 2.27. The van der Waals surface area contributed by atoms with Crippen molar-refractivity contribution in [3.8, 4) is 0 Å². The molecule has 1 saturated carbocycles. The first-order chi connectivity index (χ1) is 8.57. The van der Waals surface area contributed by atoms with Gasteiger partial charge in [0.1, 0.15) is 5.82 Å². The van der Waals surface area contributed by atoms with Crippen LogP contribution in [0.15, 0.2) is 18.2 Å². The van der Waals surface area contributed by atoms with Crippen LogP contribution >= 0.6 is 0 Å². The van der Waals surface area contributed by atoms with Crippen LogP contribution in [-0.2, 0) is 5.41 Å². The maximum Gasteiger partial charge on any atom is 0.117 e. The molecular weight excluding hydrogens is 222 g/mol. The van der Waals surface area contributed by atoms with Gasteiger partial charge in [-0.25, -0.2) is 4.98 Å². The van der Waals surface area contributed by atoms with Crippen molar-refractivity contribution in [3.05, 3.63) is 29.6 Å². The Bertz CT molecular complexity index is 591. The monoisotopic (exact) mass is 243 g/mol.